The van der Waals surface area contributed by atoms with Gasteiger partial charge in [0.1, 0.15) is 0 Å². The summed E-state index contributed by atoms with van der Waals surface area (Å²) >= 11 is 3.60. The molecule has 0 aliphatic rings. The van der Waals surface area contributed by atoms with Crippen LogP contribution in [-0.2, 0) is 0 Å². The fourth-order valence-corrected chi connectivity index (χ4v) is 2.87. The Bertz CT molecular complexity index is 427. The molecular weight excluding hydrogens is 302 g/mol. The van der Waals surface area contributed by atoms with E-state index in [1.807, 2.05) is 18.2 Å². The first kappa shape index (κ1) is 16.2. The van der Waals surface area contributed by atoms with E-state index in [-0.39, 0.29) is 5.78 Å². The van der Waals surface area contributed by atoms with Gasteiger partial charge in [0.15, 0.2) is 5.78 Å². The van der Waals surface area contributed by atoms with Crippen molar-refractivity contribution < 1.29 is 4.79 Å². The van der Waals surface area contributed by atoms with Gasteiger partial charge < -0.3 is 4.90 Å². The van der Waals surface area contributed by atoms with Gasteiger partial charge in [-0.2, -0.15) is 0 Å². The Balaban J connectivity index is 2.95. The molecule has 19 heavy (non-hydrogen) atoms. The van der Waals surface area contributed by atoms with Crippen LogP contribution in [0.2, 0.25) is 0 Å². The number of hydrogen-bond donors (Lipinski definition) is 0. The SMILES string of the molecule is CCC(CC)CN(CC)c1ccc(C(C)=O)cc1Br. The van der Waals surface area contributed by atoms with E-state index >= 15 is 0 Å². The fraction of sp³-hybridized carbons (Fsp3) is 0.562. The summed E-state index contributed by atoms with van der Waals surface area (Å²) in [5.74, 6) is 0.828. The molecule has 0 unspecified atom stereocenters. The first-order chi connectivity index (χ1) is 9.03. The van der Waals surface area contributed by atoms with Crippen molar-refractivity contribution >= 4 is 27.4 Å². The molecule has 0 fully saturated rings. The van der Waals surface area contributed by atoms with Gasteiger partial charge in [0.25, 0.3) is 0 Å². The minimum Gasteiger partial charge on any atom is -0.371 e. The molecule has 0 saturated carbocycles. The molecule has 0 heterocycles. The first-order valence-electron chi connectivity index (χ1n) is 7.08. The number of Topliss-reactive ketones (excluding diaryl/α,β-unsaturated/α-hetero) is 1. The summed E-state index contributed by atoms with van der Waals surface area (Å²) in [5, 5.41) is 0. The lowest BCUT2D eigenvalue weighted by Crippen LogP contribution is -2.29. The van der Waals surface area contributed by atoms with Gasteiger partial charge in [-0.3, -0.25) is 4.79 Å². The standard InChI is InChI=1S/C16H24BrNO/c1-5-13(6-2)11-18(7-3)16-9-8-14(12(4)19)10-15(16)17/h8-10,13H,5-7,11H2,1-4H3. The Morgan fingerprint density at radius 3 is 2.32 bits per heavy atom. The Labute approximate surface area is 125 Å². The number of benzene rings is 1. The van der Waals surface area contributed by atoms with Crippen molar-refractivity contribution in [3.05, 3.63) is 28.2 Å². The van der Waals surface area contributed by atoms with E-state index in [0.717, 1.165) is 29.0 Å². The normalized spacial score (nSPS) is 10.8. The van der Waals surface area contributed by atoms with Crippen molar-refractivity contribution in [2.45, 2.75) is 40.5 Å². The van der Waals surface area contributed by atoms with Gasteiger partial charge >= 0.3 is 0 Å². The van der Waals surface area contributed by atoms with Gasteiger partial charge in [-0.1, -0.05) is 26.7 Å². The molecule has 0 radical (unpaired) electrons. The maximum Gasteiger partial charge on any atom is 0.159 e. The minimum absolute atomic E-state index is 0.107. The van der Waals surface area contributed by atoms with Crippen LogP contribution in [0, 0.1) is 5.92 Å². The average molecular weight is 326 g/mol. The van der Waals surface area contributed by atoms with Gasteiger partial charge in [0.05, 0.1) is 5.69 Å². The van der Waals surface area contributed by atoms with Crippen LogP contribution in [0.3, 0.4) is 0 Å². The largest absolute Gasteiger partial charge is 0.371 e. The van der Waals surface area contributed by atoms with E-state index in [1.54, 1.807) is 6.92 Å². The predicted molar refractivity (Wildman–Crippen MR) is 86.1 cm³/mol. The van der Waals surface area contributed by atoms with Crippen molar-refractivity contribution in [2.75, 3.05) is 18.0 Å². The monoisotopic (exact) mass is 325 g/mol. The van der Waals surface area contributed by atoms with Crippen LogP contribution in [0.25, 0.3) is 0 Å². The molecule has 0 amide bonds. The number of hydrogen-bond acceptors (Lipinski definition) is 2. The summed E-state index contributed by atoms with van der Waals surface area (Å²) < 4.78 is 1.01. The molecule has 0 atom stereocenters. The molecule has 0 spiro atoms. The fourth-order valence-electron chi connectivity index (χ4n) is 2.24. The highest BCUT2D eigenvalue weighted by molar-refractivity contribution is 9.10. The Kier molecular flexibility index (Phi) is 6.56. The summed E-state index contributed by atoms with van der Waals surface area (Å²) in [7, 11) is 0. The van der Waals surface area contributed by atoms with Crippen LogP contribution >= 0.6 is 15.9 Å². The molecule has 2 nitrogen and oxygen atoms in total. The lowest BCUT2D eigenvalue weighted by atomic mass is 10.0. The number of ketones is 1. The molecule has 106 valence electrons. The Hall–Kier alpha value is -0.830. The van der Waals surface area contributed by atoms with Crippen molar-refractivity contribution in [3.8, 4) is 0 Å². The second-order valence-corrected chi connectivity index (χ2v) is 5.80. The molecule has 0 aliphatic carbocycles. The number of anilines is 1. The van der Waals surface area contributed by atoms with Gasteiger partial charge in [-0.25, -0.2) is 0 Å². The van der Waals surface area contributed by atoms with Crippen molar-refractivity contribution in [1.82, 2.24) is 0 Å². The van der Waals surface area contributed by atoms with E-state index in [2.05, 4.69) is 41.6 Å². The molecule has 0 N–H and O–H groups in total. The molecule has 1 aromatic carbocycles. The third-order valence-electron chi connectivity index (χ3n) is 3.71. The first-order valence-corrected chi connectivity index (χ1v) is 7.88. The molecular formula is C16H24BrNO. The topological polar surface area (TPSA) is 20.3 Å². The van der Waals surface area contributed by atoms with E-state index in [0.29, 0.717) is 0 Å². The summed E-state index contributed by atoms with van der Waals surface area (Å²) in [5.41, 5.74) is 1.94. The zero-order chi connectivity index (χ0) is 14.4. The van der Waals surface area contributed by atoms with Crippen LogP contribution in [0.15, 0.2) is 22.7 Å². The number of rotatable bonds is 7. The van der Waals surface area contributed by atoms with Crippen molar-refractivity contribution in [3.63, 3.8) is 0 Å². The average Bonchev–Trinajstić information content (AvgIpc) is 2.41. The molecule has 0 aromatic heterocycles. The summed E-state index contributed by atoms with van der Waals surface area (Å²) in [6.45, 7) is 10.3. The molecule has 0 aliphatic heterocycles. The van der Waals surface area contributed by atoms with Gasteiger partial charge in [0.2, 0.25) is 0 Å². The Morgan fingerprint density at radius 1 is 1.26 bits per heavy atom. The second-order valence-electron chi connectivity index (χ2n) is 4.94. The highest BCUT2D eigenvalue weighted by Gasteiger charge is 2.14. The zero-order valence-electron chi connectivity index (χ0n) is 12.4. The lowest BCUT2D eigenvalue weighted by Gasteiger charge is -2.28. The number of halogens is 1. The number of nitrogens with zero attached hydrogens (tertiary/aromatic N) is 1. The van der Waals surface area contributed by atoms with Crippen LogP contribution in [0.4, 0.5) is 5.69 Å². The number of carbonyl (C=O) groups is 1. The summed E-state index contributed by atoms with van der Waals surface area (Å²) in [4.78, 5) is 13.8. The maximum absolute atomic E-state index is 11.4. The highest BCUT2D eigenvalue weighted by atomic mass is 79.9. The molecule has 0 bridgehead atoms. The highest BCUT2D eigenvalue weighted by Crippen LogP contribution is 2.28. The summed E-state index contributed by atoms with van der Waals surface area (Å²) in [6, 6.07) is 5.89. The van der Waals surface area contributed by atoms with Crippen LogP contribution < -0.4 is 4.90 Å². The van der Waals surface area contributed by atoms with E-state index in [1.165, 1.54) is 18.5 Å². The molecule has 0 saturated heterocycles. The molecule has 1 rings (SSSR count). The van der Waals surface area contributed by atoms with Gasteiger partial charge in [-0.15, -0.1) is 0 Å². The smallest absolute Gasteiger partial charge is 0.159 e. The molecule has 1 aromatic rings. The van der Waals surface area contributed by atoms with E-state index in [9.17, 15) is 4.79 Å². The summed E-state index contributed by atoms with van der Waals surface area (Å²) in [6.07, 6.45) is 2.41. The van der Waals surface area contributed by atoms with Crippen LogP contribution in [0.5, 0.6) is 0 Å². The molecule has 3 heteroatoms. The van der Waals surface area contributed by atoms with Gasteiger partial charge in [0, 0.05) is 23.1 Å². The second kappa shape index (κ2) is 7.68. The zero-order valence-corrected chi connectivity index (χ0v) is 14.0. The number of carbonyl (C=O) groups excluding carboxylic acids is 1. The quantitative estimate of drug-likeness (QED) is 0.663. The van der Waals surface area contributed by atoms with Crippen molar-refractivity contribution in [1.29, 1.82) is 0 Å². The predicted octanol–water partition coefficient (Wildman–Crippen LogP) is 4.91. The third-order valence-corrected chi connectivity index (χ3v) is 4.35. The lowest BCUT2D eigenvalue weighted by molar-refractivity contribution is 0.101. The Morgan fingerprint density at radius 2 is 1.89 bits per heavy atom. The van der Waals surface area contributed by atoms with Crippen molar-refractivity contribution in [2.24, 2.45) is 5.92 Å². The van der Waals surface area contributed by atoms with E-state index in [4.69, 9.17) is 0 Å². The third kappa shape index (κ3) is 4.34. The van der Waals surface area contributed by atoms with E-state index < -0.39 is 0 Å². The van der Waals surface area contributed by atoms with Crippen LogP contribution in [0.1, 0.15) is 50.9 Å². The minimum atomic E-state index is 0.107. The van der Waals surface area contributed by atoms with Crippen LogP contribution in [-0.4, -0.2) is 18.9 Å². The van der Waals surface area contributed by atoms with Gasteiger partial charge in [-0.05, 0) is 53.9 Å². The maximum atomic E-state index is 11.4.